The van der Waals surface area contributed by atoms with Crippen molar-refractivity contribution in [2.45, 2.75) is 30.9 Å². The second-order valence-electron chi connectivity index (χ2n) is 4.49. The number of thioether (sulfide) groups is 1. The van der Waals surface area contributed by atoms with Gasteiger partial charge in [0.2, 0.25) is 5.89 Å². The molecule has 0 aliphatic rings. The van der Waals surface area contributed by atoms with Crippen LogP contribution in [0.15, 0.2) is 38.4 Å². The van der Waals surface area contributed by atoms with Crippen molar-refractivity contribution < 1.29 is 4.42 Å². The third-order valence-electron chi connectivity index (χ3n) is 2.84. The van der Waals surface area contributed by atoms with E-state index in [-0.39, 0.29) is 0 Å². The molecule has 0 unspecified atom stereocenters. The molecule has 0 atom stereocenters. The van der Waals surface area contributed by atoms with Gasteiger partial charge < -0.3 is 4.42 Å². The summed E-state index contributed by atoms with van der Waals surface area (Å²) in [5, 5.41) is 20.3. The minimum atomic E-state index is 0.497. The minimum Gasteiger partial charge on any atom is -0.411 e. The van der Waals surface area contributed by atoms with Gasteiger partial charge in [0.25, 0.3) is 5.22 Å². The molecule has 0 amide bonds. The number of aryl methyl sites for hydroxylation is 1. The quantitative estimate of drug-likeness (QED) is 0.607. The van der Waals surface area contributed by atoms with Crippen molar-refractivity contribution in [1.29, 1.82) is 0 Å². The fourth-order valence-electron chi connectivity index (χ4n) is 1.84. The zero-order valence-electron chi connectivity index (χ0n) is 11.8. The molecule has 0 bridgehead atoms. The zero-order valence-corrected chi connectivity index (χ0v) is 14.2. The van der Waals surface area contributed by atoms with E-state index in [1.54, 1.807) is 4.68 Å². The highest BCUT2D eigenvalue weighted by atomic mass is 79.9. The maximum atomic E-state index is 5.66. The second kappa shape index (κ2) is 7.01. The van der Waals surface area contributed by atoms with Gasteiger partial charge in [-0.2, -0.15) is 0 Å². The minimum absolute atomic E-state index is 0.497. The van der Waals surface area contributed by atoms with Crippen LogP contribution >= 0.6 is 27.7 Å². The van der Waals surface area contributed by atoms with E-state index in [1.165, 1.54) is 11.8 Å². The highest BCUT2D eigenvalue weighted by Gasteiger charge is 2.12. The first-order valence-electron chi connectivity index (χ1n) is 6.73. The standard InChI is InChI=1S/C13H13BrN6OS/c1-2-6-20-11(15-18-19-20)8-22-13-17-16-12(21-13)9-4-3-5-10(14)7-9/h3-5,7H,2,6,8H2,1H3. The van der Waals surface area contributed by atoms with Crippen molar-refractivity contribution in [3.8, 4) is 11.5 Å². The molecule has 0 fully saturated rings. The predicted octanol–water partition coefficient (Wildman–Crippen LogP) is 3.19. The highest BCUT2D eigenvalue weighted by molar-refractivity contribution is 9.10. The summed E-state index contributed by atoms with van der Waals surface area (Å²) >= 11 is 4.85. The van der Waals surface area contributed by atoms with Crippen LogP contribution in [0.25, 0.3) is 11.5 Å². The summed E-state index contributed by atoms with van der Waals surface area (Å²) in [7, 11) is 0. The van der Waals surface area contributed by atoms with Crippen LogP contribution < -0.4 is 0 Å². The molecule has 2 aromatic heterocycles. The van der Waals surface area contributed by atoms with Gasteiger partial charge in [0, 0.05) is 16.6 Å². The average Bonchev–Trinajstić information content (AvgIpc) is 3.15. The van der Waals surface area contributed by atoms with Crippen LogP contribution in [0.2, 0.25) is 0 Å². The van der Waals surface area contributed by atoms with Gasteiger partial charge >= 0.3 is 0 Å². The normalized spacial score (nSPS) is 11.0. The average molecular weight is 381 g/mol. The topological polar surface area (TPSA) is 82.5 Å². The van der Waals surface area contributed by atoms with Crippen LogP contribution in [0, 0.1) is 0 Å². The number of hydrogen-bond donors (Lipinski definition) is 0. The van der Waals surface area contributed by atoms with E-state index in [2.05, 4.69) is 48.6 Å². The molecule has 0 aliphatic carbocycles. The molecule has 0 saturated heterocycles. The van der Waals surface area contributed by atoms with E-state index in [0.29, 0.717) is 16.9 Å². The molecule has 0 spiro atoms. The predicted molar refractivity (Wildman–Crippen MR) is 85.1 cm³/mol. The monoisotopic (exact) mass is 380 g/mol. The van der Waals surface area contributed by atoms with Gasteiger partial charge in [-0.05, 0) is 35.0 Å². The van der Waals surface area contributed by atoms with Crippen molar-refractivity contribution in [3.63, 3.8) is 0 Å². The molecule has 0 saturated carbocycles. The third kappa shape index (κ3) is 3.53. The Morgan fingerprint density at radius 2 is 2.18 bits per heavy atom. The summed E-state index contributed by atoms with van der Waals surface area (Å²) in [6.45, 7) is 2.89. The Morgan fingerprint density at radius 1 is 1.27 bits per heavy atom. The molecule has 1 aromatic carbocycles. The summed E-state index contributed by atoms with van der Waals surface area (Å²) in [5.74, 6) is 1.89. The SMILES string of the molecule is CCCn1nnnc1CSc1nnc(-c2cccc(Br)c2)o1. The fraction of sp³-hybridized carbons (Fsp3) is 0.308. The summed E-state index contributed by atoms with van der Waals surface area (Å²) in [6, 6.07) is 7.73. The Bertz CT molecular complexity index is 758. The van der Waals surface area contributed by atoms with Gasteiger partial charge in [0.05, 0.1) is 5.75 Å². The van der Waals surface area contributed by atoms with E-state index in [1.807, 2.05) is 24.3 Å². The summed E-state index contributed by atoms with van der Waals surface area (Å²) < 4.78 is 8.42. The summed E-state index contributed by atoms with van der Waals surface area (Å²) in [5.41, 5.74) is 0.879. The molecule has 3 rings (SSSR count). The van der Waals surface area contributed by atoms with E-state index in [0.717, 1.165) is 28.8 Å². The van der Waals surface area contributed by atoms with Crippen molar-refractivity contribution >= 4 is 27.7 Å². The lowest BCUT2D eigenvalue weighted by Crippen LogP contribution is -2.04. The van der Waals surface area contributed by atoms with E-state index >= 15 is 0 Å². The van der Waals surface area contributed by atoms with Crippen molar-refractivity contribution in [1.82, 2.24) is 30.4 Å². The molecule has 2 heterocycles. The lowest BCUT2D eigenvalue weighted by atomic mass is 10.2. The van der Waals surface area contributed by atoms with Crippen LogP contribution in [-0.4, -0.2) is 30.4 Å². The van der Waals surface area contributed by atoms with Crippen LogP contribution in [0.4, 0.5) is 0 Å². The third-order valence-corrected chi connectivity index (χ3v) is 4.15. The van der Waals surface area contributed by atoms with Gasteiger partial charge in [-0.15, -0.1) is 15.3 Å². The Kier molecular flexibility index (Phi) is 4.84. The number of hydrogen-bond acceptors (Lipinski definition) is 7. The summed E-state index contributed by atoms with van der Waals surface area (Å²) in [4.78, 5) is 0. The summed E-state index contributed by atoms with van der Waals surface area (Å²) in [6.07, 6.45) is 0.982. The largest absolute Gasteiger partial charge is 0.411 e. The van der Waals surface area contributed by atoms with Crippen LogP contribution in [-0.2, 0) is 12.3 Å². The maximum absolute atomic E-state index is 5.66. The number of tetrazole rings is 1. The van der Waals surface area contributed by atoms with Crippen LogP contribution in [0.1, 0.15) is 19.2 Å². The molecule has 7 nitrogen and oxygen atoms in total. The molecule has 0 aliphatic heterocycles. The number of aromatic nitrogens is 6. The number of benzene rings is 1. The fourth-order valence-corrected chi connectivity index (χ4v) is 2.94. The lowest BCUT2D eigenvalue weighted by Gasteiger charge is -2.00. The zero-order chi connectivity index (χ0) is 15.4. The molecule has 9 heteroatoms. The van der Waals surface area contributed by atoms with Crippen LogP contribution in [0.5, 0.6) is 0 Å². The molecule has 3 aromatic rings. The highest BCUT2D eigenvalue weighted by Crippen LogP contribution is 2.26. The van der Waals surface area contributed by atoms with Gasteiger partial charge in [-0.3, -0.25) is 0 Å². The molecular weight excluding hydrogens is 368 g/mol. The first-order valence-corrected chi connectivity index (χ1v) is 8.51. The second-order valence-corrected chi connectivity index (χ2v) is 6.33. The Hall–Kier alpha value is -1.74. The van der Waals surface area contributed by atoms with Gasteiger partial charge in [0.1, 0.15) is 0 Å². The first-order chi connectivity index (χ1) is 10.8. The maximum Gasteiger partial charge on any atom is 0.277 e. The van der Waals surface area contributed by atoms with Crippen molar-refractivity contribution in [2.24, 2.45) is 0 Å². The van der Waals surface area contributed by atoms with Crippen molar-refractivity contribution in [3.05, 3.63) is 34.6 Å². The first kappa shape index (κ1) is 15.2. The number of rotatable bonds is 6. The molecule has 0 radical (unpaired) electrons. The van der Waals surface area contributed by atoms with E-state index in [9.17, 15) is 0 Å². The van der Waals surface area contributed by atoms with Gasteiger partial charge in [-0.25, -0.2) is 4.68 Å². The van der Waals surface area contributed by atoms with Gasteiger partial charge in [-0.1, -0.05) is 40.7 Å². The van der Waals surface area contributed by atoms with E-state index < -0.39 is 0 Å². The molecular formula is C13H13BrN6OS. The van der Waals surface area contributed by atoms with Crippen molar-refractivity contribution in [2.75, 3.05) is 0 Å². The van der Waals surface area contributed by atoms with Crippen LogP contribution in [0.3, 0.4) is 0 Å². The Balaban J connectivity index is 1.68. The Morgan fingerprint density at radius 3 is 3.00 bits per heavy atom. The molecule has 0 N–H and O–H groups in total. The molecule has 22 heavy (non-hydrogen) atoms. The Labute approximate surface area is 139 Å². The lowest BCUT2D eigenvalue weighted by molar-refractivity contribution is 0.465. The number of nitrogens with zero attached hydrogens (tertiary/aromatic N) is 6. The smallest absolute Gasteiger partial charge is 0.277 e. The van der Waals surface area contributed by atoms with Gasteiger partial charge in [0.15, 0.2) is 5.82 Å². The van der Waals surface area contributed by atoms with E-state index in [4.69, 9.17) is 4.42 Å². The molecule has 114 valence electrons. The number of halogens is 1.